The predicted molar refractivity (Wildman–Crippen MR) is 78.8 cm³/mol. The summed E-state index contributed by atoms with van der Waals surface area (Å²) in [4.78, 5) is 12.0. The van der Waals surface area contributed by atoms with E-state index in [1.807, 2.05) is 0 Å². The van der Waals surface area contributed by atoms with Crippen molar-refractivity contribution in [1.82, 2.24) is 4.31 Å². The largest absolute Gasteiger partial charge is 0.320 e. The summed E-state index contributed by atoms with van der Waals surface area (Å²) < 4.78 is 51.8. The highest BCUT2D eigenvalue weighted by Gasteiger charge is 2.31. The molecule has 1 aromatic carbocycles. The number of rotatable bonds is 5. The van der Waals surface area contributed by atoms with Gasteiger partial charge in [-0.3, -0.25) is 4.79 Å². The van der Waals surface area contributed by atoms with E-state index < -0.39 is 39.8 Å². The molecule has 0 saturated heterocycles. The molecular formula is C14H18F2N2O3S. The van der Waals surface area contributed by atoms with Crippen LogP contribution in [0.15, 0.2) is 18.2 Å². The fourth-order valence-electron chi connectivity index (χ4n) is 2.65. The van der Waals surface area contributed by atoms with Crippen LogP contribution in [-0.4, -0.2) is 37.5 Å². The van der Waals surface area contributed by atoms with E-state index >= 15 is 0 Å². The number of nitrogens with zero attached hydrogens (tertiary/aromatic N) is 1. The van der Waals surface area contributed by atoms with Gasteiger partial charge < -0.3 is 5.32 Å². The lowest BCUT2D eigenvalue weighted by Crippen LogP contribution is -2.43. The summed E-state index contributed by atoms with van der Waals surface area (Å²) in [7, 11) is -3.57. The van der Waals surface area contributed by atoms with Crippen LogP contribution in [-0.2, 0) is 14.8 Å². The summed E-state index contributed by atoms with van der Waals surface area (Å²) in [5, 5.41) is 2.11. The Morgan fingerprint density at radius 2 is 1.82 bits per heavy atom. The first-order valence-electron chi connectivity index (χ1n) is 6.99. The van der Waals surface area contributed by atoms with Gasteiger partial charge in [0.1, 0.15) is 17.3 Å². The van der Waals surface area contributed by atoms with Gasteiger partial charge in [0, 0.05) is 6.04 Å². The third-order valence-corrected chi connectivity index (χ3v) is 4.96. The lowest BCUT2D eigenvalue weighted by atomic mass is 10.2. The third-order valence-electron chi connectivity index (χ3n) is 3.68. The fraction of sp³-hybridized carbons (Fsp3) is 0.500. The van der Waals surface area contributed by atoms with Crippen LogP contribution < -0.4 is 5.32 Å². The normalized spacial score (nSPS) is 16.2. The second-order valence-corrected chi connectivity index (χ2v) is 7.33. The lowest BCUT2D eigenvalue weighted by Gasteiger charge is -2.25. The van der Waals surface area contributed by atoms with Crippen LogP contribution in [0.25, 0.3) is 0 Å². The molecule has 1 aliphatic rings. The van der Waals surface area contributed by atoms with Crippen LogP contribution in [0.3, 0.4) is 0 Å². The van der Waals surface area contributed by atoms with Gasteiger partial charge in [-0.2, -0.15) is 4.31 Å². The van der Waals surface area contributed by atoms with Gasteiger partial charge in [0.15, 0.2) is 0 Å². The number of para-hydroxylation sites is 1. The van der Waals surface area contributed by atoms with Crippen LogP contribution in [0, 0.1) is 11.6 Å². The second-order valence-electron chi connectivity index (χ2n) is 5.39. The van der Waals surface area contributed by atoms with Crippen LogP contribution in [0.5, 0.6) is 0 Å². The van der Waals surface area contributed by atoms with Crippen molar-refractivity contribution < 1.29 is 22.0 Å². The van der Waals surface area contributed by atoms with Crippen LogP contribution >= 0.6 is 0 Å². The topological polar surface area (TPSA) is 66.5 Å². The molecule has 8 heteroatoms. The van der Waals surface area contributed by atoms with E-state index in [1.54, 1.807) is 0 Å². The van der Waals surface area contributed by atoms with Gasteiger partial charge in [-0.25, -0.2) is 17.2 Å². The molecule has 1 amide bonds. The van der Waals surface area contributed by atoms with Gasteiger partial charge in [-0.15, -0.1) is 0 Å². The first kappa shape index (κ1) is 16.8. The number of sulfonamides is 1. The quantitative estimate of drug-likeness (QED) is 0.898. The molecule has 1 fully saturated rings. The highest BCUT2D eigenvalue weighted by Crippen LogP contribution is 2.25. The zero-order chi connectivity index (χ0) is 16.3. The number of hydrogen-bond acceptors (Lipinski definition) is 3. The molecule has 1 saturated carbocycles. The first-order valence-corrected chi connectivity index (χ1v) is 8.84. The van der Waals surface area contributed by atoms with Crippen molar-refractivity contribution in [2.75, 3.05) is 18.1 Å². The minimum atomic E-state index is -3.57. The van der Waals surface area contributed by atoms with E-state index in [4.69, 9.17) is 0 Å². The van der Waals surface area contributed by atoms with Gasteiger partial charge in [-0.05, 0) is 25.0 Å². The van der Waals surface area contributed by atoms with Gasteiger partial charge in [0.05, 0.1) is 12.8 Å². The Balaban J connectivity index is 2.11. The number of carbonyl (C=O) groups excluding carboxylic acids is 1. The summed E-state index contributed by atoms with van der Waals surface area (Å²) in [6, 6.07) is 2.99. The van der Waals surface area contributed by atoms with Crippen molar-refractivity contribution in [3.63, 3.8) is 0 Å². The highest BCUT2D eigenvalue weighted by atomic mass is 32.2. The van der Waals surface area contributed by atoms with Crippen molar-refractivity contribution >= 4 is 21.6 Å². The van der Waals surface area contributed by atoms with E-state index in [-0.39, 0.29) is 6.04 Å². The molecular weight excluding hydrogens is 314 g/mol. The number of benzene rings is 1. The zero-order valence-electron chi connectivity index (χ0n) is 12.2. The fourth-order valence-corrected chi connectivity index (χ4v) is 3.75. The van der Waals surface area contributed by atoms with Crippen molar-refractivity contribution in [1.29, 1.82) is 0 Å². The van der Waals surface area contributed by atoms with Gasteiger partial charge in [-0.1, -0.05) is 18.9 Å². The van der Waals surface area contributed by atoms with Crippen molar-refractivity contribution in [3.8, 4) is 0 Å². The molecule has 0 unspecified atom stereocenters. The highest BCUT2D eigenvalue weighted by molar-refractivity contribution is 7.88. The summed E-state index contributed by atoms with van der Waals surface area (Å²) in [6.45, 7) is -0.447. The Hall–Kier alpha value is -1.54. The number of carbonyl (C=O) groups is 1. The van der Waals surface area contributed by atoms with Crippen LogP contribution in [0.4, 0.5) is 14.5 Å². The Morgan fingerprint density at radius 3 is 2.32 bits per heavy atom. The molecule has 1 aliphatic carbocycles. The van der Waals surface area contributed by atoms with Crippen molar-refractivity contribution in [3.05, 3.63) is 29.8 Å². The van der Waals surface area contributed by atoms with E-state index in [0.717, 1.165) is 35.5 Å². The molecule has 1 aromatic rings. The molecule has 0 spiro atoms. The van der Waals surface area contributed by atoms with Gasteiger partial charge in [0.25, 0.3) is 0 Å². The smallest absolute Gasteiger partial charge is 0.239 e. The van der Waals surface area contributed by atoms with Crippen LogP contribution in [0.1, 0.15) is 25.7 Å². The maximum atomic E-state index is 13.5. The van der Waals surface area contributed by atoms with Crippen LogP contribution in [0.2, 0.25) is 0 Å². The number of halogens is 2. The Kier molecular flexibility index (Phi) is 5.12. The molecule has 2 rings (SSSR count). The lowest BCUT2D eigenvalue weighted by molar-refractivity contribution is -0.116. The molecule has 0 heterocycles. The van der Waals surface area contributed by atoms with E-state index in [2.05, 4.69) is 5.32 Å². The molecule has 0 aromatic heterocycles. The summed E-state index contributed by atoms with van der Waals surface area (Å²) in [5.74, 6) is -2.57. The Morgan fingerprint density at radius 1 is 1.27 bits per heavy atom. The molecule has 122 valence electrons. The Bertz CT molecular complexity index is 638. The third kappa shape index (κ3) is 4.01. The van der Waals surface area contributed by atoms with Gasteiger partial charge >= 0.3 is 0 Å². The van der Waals surface area contributed by atoms with E-state index in [0.29, 0.717) is 12.8 Å². The van der Waals surface area contributed by atoms with Crippen molar-refractivity contribution in [2.45, 2.75) is 31.7 Å². The van der Waals surface area contributed by atoms with E-state index in [1.165, 1.54) is 6.07 Å². The summed E-state index contributed by atoms with van der Waals surface area (Å²) in [6.07, 6.45) is 4.21. The summed E-state index contributed by atoms with van der Waals surface area (Å²) >= 11 is 0. The SMILES string of the molecule is CS(=O)(=O)N(CC(=O)Nc1c(F)cccc1F)C1CCCC1. The molecule has 0 bridgehead atoms. The maximum Gasteiger partial charge on any atom is 0.239 e. The summed E-state index contributed by atoms with van der Waals surface area (Å²) in [5.41, 5.74) is -0.563. The predicted octanol–water partition coefficient (Wildman–Crippen LogP) is 2.11. The van der Waals surface area contributed by atoms with Crippen molar-refractivity contribution in [2.24, 2.45) is 0 Å². The van der Waals surface area contributed by atoms with Gasteiger partial charge in [0.2, 0.25) is 15.9 Å². The molecule has 22 heavy (non-hydrogen) atoms. The number of nitrogens with one attached hydrogen (secondary N) is 1. The monoisotopic (exact) mass is 332 g/mol. The Labute approximate surface area is 128 Å². The number of amides is 1. The minimum absolute atomic E-state index is 0.230. The molecule has 1 N–H and O–H groups in total. The molecule has 0 atom stereocenters. The number of hydrogen-bond donors (Lipinski definition) is 1. The average molecular weight is 332 g/mol. The first-order chi connectivity index (χ1) is 10.3. The van der Waals surface area contributed by atoms with E-state index in [9.17, 15) is 22.0 Å². The average Bonchev–Trinajstić information content (AvgIpc) is 2.93. The number of anilines is 1. The molecule has 5 nitrogen and oxygen atoms in total. The standard InChI is InChI=1S/C14H18F2N2O3S/c1-22(20,21)18(10-5-2-3-6-10)9-13(19)17-14-11(15)7-4-8-12(14)16/h4,7-8,10H,2-3,5-6,9H2,1H3,(H,17,19). The molecule has 0 aliphatic heterocycles. The minimum Gasteiger partial charge on any atom is -0.320 e. The second kappa shape index (κ2) is 6.70. The molecule has 0 radical (unpaired) electrons. The maximum absolute atomic E-state index is 13.5. The zero-order valence-corrected chi connectivity index (χ0v) is 13.0.